The van der Waals surface area contributed by atoms with E-state index >= 15 is 0 Å². The van der Waals surface area contributed by atoms with Gasteiger partial charge in [-0.2, -0.15) is 0 Å². The van der Waals surface area contributed by atoms with Crippen LogP contribution >= 0.6 is 20.6 Å². The van der Waals surface area contributed by atoms with Crippen LogP contribution in [0.25, 0.3) is 0 Å². The van der Waals surface area contributed by atoms with Gasteiger partial charge in [-0.05, 0) is 25.7 Å². The molecule has 2 nitrogen and oxygen atoms in total. The van der Waals surface area contributed by atoms with Crippen LogP contribution < -0.4 is 0 Å². The summed E-state index contributed by atoms with van der Waals surface area (Å²) in [6.45, 7) is 0. The lowest BCUT2D eigenvalue weighted by molar-refractivity contribution is 0.166. The molecular weight excluding hydrogens is 170 g/mol. The highest BCUT2D eigenvalue weighted by Gasteiger charge is 2.19. The van der Waals surface area contributed by atoms with Crippen molar-refractivity contribution in [3.05, 3.63) is 0 Å². The first-order valence-electron chi connectivity index (χ1n) is 3.51. The molecule has 1 saturated carbocycles. The summed E-state index contributed by atoms with van der Waals surface area (Å²) in [5.41, 5.74) is 0. The molecule has 60 valence electrons. The summed E-state index contributed by atoms with van der Waals surface area (Å²) < 4.78 is 5.06. The average Bonchev–Trinajstić information content (AvgIpc) is 1.95. The van der Waals surface area contributed by atoms with Gasteiger partial charge in [0.25, 0.3) is 0 Å². The number of hydrogen-bond donors (Lipinski definition) is 1. The van der Waals surface area contributed by atoms with Crippen LogP contribution in [0.2, 0.25) is 0 Å². The molecular formula is C6H12ClO2P. The molecule has 1 aliphatic rings. The van der Waals surface area contributed by atoms with Crippen LogP contribution in [0.5, 0.6) is 0 Å². The number of alkyl halides is 1. The van der Waals surface area contributed by atoms with Crippen molar-refractivity contribution in [1.29, 1.82) is 0 Å². The van der Waals surface area contributed by atoms with Crippen LogP contribution in [0.3, 0.4) is 0 Å². The molecule has 1 fully saturated rings. The van der Waals surface area contributed by atoms with Crippen molar-refractivity contribution < 1.29 is 9.42 Å². The molecule has 0 heterocycles. The molecule has 0 spiro atoms. The Balaban J connectivity index is 2.13. The molecule has 1 rings (SSSR count). The Hall–Kier alpha value is 0.640. The number of rotatable bonds is 2. The molecule has 1 N–H and O–H groups in total. The zero-order valence-corrected chi connectivity index (χ0v) is 7.47. The highest BCUT2D eigenvalue weighted by Crippen LogP contribution is 2.27. The molecule has 1 atom stereocenters. The Labute approximate surface area is 67.9 Å². The van der Waals surface area contributed by atoms with Gasteiger partial charge in [0.2, 0.25) is 0 Å². The molecule has 4 heteroatoms. The number of halogens is 1. The Bertz CT molecular complexity index is 93.7. The maximum atomic E-state index is 8.46. The molecule has 0 aliphatic heterocycles. The molecule has 0 aromatic heterocycles. The van der Waals surface area contributed by atoms with E-state index in [1.165, 1.54) is 0 Å². The normalized spacial score (nSPS) is 35.4. The molecule has 1 aliphatic carbocycles. The first-order chi connectivity index (χ1) is 4.83. The predicted octanol–water partition coefficient (Wildman–Crippen LogP) is 2.05. The van der Waals surface area contributed by atoms with Crippen LogP contribution in [0.1, 0.15) is 25.7 Å². The lowest BCUT2D eigenvalue weighted by atomic mass is 9.98. The van der Waals surface area contributed by atoms with Crippen molar-refractivity contribution in [3.63, 3.8) is 0 Å². The maximum absolute atomic E-state index is 8.46. The fourth-order valence-electron chi connectivity index (χ4n) is 1.21. The van der Waals surface area contributed by atoms with Gasteiger partial charge in [-0.15, -0.1) is 11.6 Å². The second kappa shape index (κ2) is 4.50. The summed E-state index contributed by atoms with van der Waals surface area (Å²) in [4.78, 5) is 8.46. The zero-order valence-electron chi connectivity index (χ0n) is 5.72. The summed E-state index contributed by atoms with van der Waals surface area (Å²) in [5, 5.41) is 0.335. The summed E-state index contributed by atoms with van der Waals surface area (Å²) in [5.74, 6) is 0. The molecule has 0 amide bonds. The first-order valence-corrected chi connectivity index (χ1v) is 4.81. The Kier molecular flexibility index (Phi) is 3.93. The SMILES string of the molecule is OPOC1CCC(Cl)CC1. The van der Waals surface area contributed by atoms with E-state index in [1.54, 1.807) is 0 Å². The van der Waals surface area contributed by atoms with E-state index in [2.05, 4.69) is 0 Å². The van der Waals surface area contributed by atoms with Gasteiger partial charge in [-0.3, -0.25) is 0 Å². The van der Waals surface area contributed by atoms with E-state index < -0.39 is 0 Å². The van der Waals surface area contributed by atoms with Crippen molar-refractivity contribution in [3.8, 4) is 0 Å². The van der Waals surface area contributed by atoms with E-state index in [9.17, 15) is 0 Å². The zero-order chi connectivity index (χ0) is 7.40. The van der Waals surface area contributed by atoms with Crippen molar-refractivity contribution in [2.75, 3.05) is 0 Å². The summed E-state index contributed by atoms with van der Waals surface area (Å²) >= 11 is 5.87. The second-order valence-corrected chi connectivity index (χ2v) is 3.62. The quantitative estimate of drug-likeness (QED) is 0.523. The molecule has 10 heavy (non-hydrogen) atoms. The Morgan fingerprint density at radius 3 is 2.40 bits per heavy atom. The third kappa shape index (κ3) is 2.71. The van der Waals surface area contributed by atoms with E-state index in [4.69, 9.17) is 21.0 Å². The summed E-state index contributed by atoms with van der Waals surface area (Å²) in [6.07, 6.45) is 4.31. The molecule has 0 saturated heterocycles. The minimum atomic E-state index is -0.362. The van der Waals surface area contributed by atoms with Crippen LogP contribution in [0.15, 0.2) is 0 Å². The average molecular weight is 183 g/mol. The fraction of sp³-hybridized carbons (Fsp3) is 1.00. The Morgan fingerprint density at radius 1 is 1.30 bits per heavy atom. The van der Waals surface area contributed by atoms with E-state index in [0.717, 1.165) is 25.7 Å². The molecule has 0 bridgehead atoms. The molecule has 0 radical (unpaired) electrons. The van der Waals surface area contributed by atoms with Crippen LogP contribution in [-0.4, -0.2) is 16.4 Å². The fourth-order valence-corrected chi connectivity index (χ4v) is 1.85. The van der Waals surface area contributed by atoms with Gasteiger partial charge in [-0.1, -0.05) is 0 Å². The minimum absolute atomic E-state index is 0.262. The molecule has 0 aromatic rings. The first kappa shape index (κ1) is 8.73. The van der Waals surface area contributed by atoms with Gasteiger partial charge < -0.3 is 9.42 Å². The van der Waals surface area contributed by atoms with Crippen molar-refractivity contribution >= 4 is 20.6 Å². The van der Waals surface area contributed by atoms with E-state index in [0.29, 0.717) is 5.38 Å². The third-order valence-corrected chi connectivity index (χ3v) is 2.70. The Morgan fingerprint density at radius 2 is 1.90 bits per heavy atom. The minimum Gasteiger partial charge on any atom is -0.352 e. The molecule has 0 aromatic carbocycles. The van der Waals surface area contributed by atoms with Crippen molar-refractivity contribution in [2.24, 2.45) is 0 Å². The highest BCUT2D eigenvalue weighted by molar-refractivity contribution is 7.25. The van der Waals surface area contributed by atoms with Gasteiger partial charge >= 0.3 is 0 Å². The van der Waals surface area contributed by atoms with Gasteiger partial charge in [0.15, 0.2) is 9.03 Å². The lowest BCUT2D eigenvalue weighted by Gasteiger charge is -2.23. The predicted molar refractivity (Wildman–Crippen MR) is 43.5 cm³/mol. The lowest BCUT2D eigenvalue weighted by Crippen LogP contribution is -2.19. The molecule has 1 unspecified atom stereocenters. The largest absolute Gasteiger partial charge is 0.352 e. The van der Waals surface area contributed by atoms with Gasteiger partial charge in [0, 0.05) is 5.38 Å². The van der Waals surface area contributed by atoms with E-state index in [1.807, 2.05) is 0 Å². The standard InChI is InChI=1S/C6H12ClO2P/c7-5-1-3-6(4-2-5)9-10-8/h5-6,8,10H,1-4H2. The monoisotopic (exact) mass is 182 g/mol. The van der Waals surface area contributed by atoms with Crippen molar-refractivity contribution in [1.82, 2.24) is 0 Å². The highest BCUT2D eigenvalue weighted by atomic mass is 35.5. The number of hydrogen-bond acceptors (Lipinski definition) is 2. The van der Waals surface area contributed by atoms with Gasteiger partial charge in [-0.25, -0.2) is 0 Å². The van der Waals surface area contributed by atoms with Crippen molar-refractivity contribution in [2.45, 2.75) is 37.2 Å². The second-order valence-electron chi connectivity index (χ2n) is 2.58. The van der Waals surface area contributed by atoms with Crippen LogP contribution in [0.4, 0.5) is 0 Å². The van der Waals surface area contributed by atoms with E-state index in [-0.39, 0.29) is 15.1 Å². The van der Waals surface area contributed by atoms with Gasteiger partial charge in [0.1, 0.15) is 0 Å². The summed E-state index contributed by atoms with van der Waals surface area (Å²) in [6, 6.07) is 0. The van der Waals surface area contributed by atoms with Gasteiger partial charge in [0.05, 0.1) is 6.10 Å². The smallest absolute Gasteiger partial charge is 0.152 e. The topological polar surface area (TPSA) is 29.5 Å². The van der Waals surface area contributed by atoms with Crippen LogP contribution in [-0.2, 0) is 4.52 Å². The summed E-state index contributed by atoms with van der Waals surface area (Å²) in [7, 11) is -0.362. The maximum Gasteiger partial charge on any atom is 0.152 e. The van der Waals surface area contributed by atoms with Crippen LogP contribution in [0, 0.1) is 0 Å². The third-order valence-electron chi connectivity index (χ3n) is 1.82.